The van der Waals surface area contributed by atoms with Crippen LogP contribution in [0.1, 0.15) is 26.5 Å². The SMILES string of the molecule is CCNc1cc(C#N)nc2c1ncn2C[C@@H]1[C@H]2C3[C@@]14OC(C)(C)O[C@@H]4[C@]32C(=O)NC. The van der Waals surface area contributed by atoms with E-state index in [4.69, 9.17) is 9.47 Å². The molecule has 3 heterocycles. The Morgan fingerprint density at radius 1 is 1.43 bits per heavy atom. The average Bonchev–Trinajstić information content (AvgIpc) is 2.91. The van der Waals surface area contributed by atoms with E-state index in [1.54, 1.807) is 19.4 Å². The summed E-state index contributed by atoms with van der Waals surface area (Å²) in [7, 11) is 1.68. The van der Waals surface area contributed by atoms with Gasteiger partial charge in [0.2, 0.25) is 5.91 Å². The Bertz CT molecular complexity index is 1150. The maximum absolute atomic E-state index is 12.8. The second-order valence-corrected chi connectivity index (χ2v) is 9.24. The first-order chi connectivity index (χ1) is 14.3. The molecule has 1 aliphatic heterocycles. The summed E-state index contributed by atoms with van der Waals surface area (Å²) in [5, 5.41) is 15.5. The first-order valence-corrected chi connectivity index (χ1v) is 10.4. The zero-order valence-electron chi connectivity index (χ0n) is 17.4. The molecule has 4 fully saturated rings. The lowest BCUT2D eigenvalue weighted by Crippen LogP contribution is -2.66. The van der Waals surface area contributed by atoms with Crippen LogP contribution in [0.25, 0.3) is 11.2 Å². The molecule has 6 atom stereocenters. The number of anilines is 1. The van der Waals surface area contributed by atoms with Crippen LogP contribution in [0.5, 0.6) is 0 Å². The van der Waals surface area contributed by atoms with E-state index in [0.29, 0.717) is 17.9 Å². The normalized spacial score (nSPS) is 38.6. The third-order valence-electron chi connectivity index (χ3n) is 7.55. The lowest BCUT2D eigenvalue weighted by atomic mass is 9.60. The molecule has 1 spiro atoms. The minimum absolute atomic E-state index is 0.0525. The molecule has 9 nitrogen and oxygen atoms in total. The third-order valence-corrected chi connectivity index (χ3v) is 7.55. The van der Waals surface area contributed by atoms with E-state index in [-0.39, 0.29) is 29.8 Å². The number of hydrogen-bond donors (Lipinski definition) is 2. The van der Waals surface area contributed by atoms with E-state index in [2.05, 4.69) is 26.7 Å². The molecule has 3 saturated carbocycles. The van der Waals surface area contributed by atoms with Crippen molar-refractivity contribution in [1.82, 2.24) is 19.9 Å². The van der Waals surface area contributed by atoms with Crippen molar-refractivity contribution in [3.63, 3.8) is 0 Å². The standard InChI is InChI=1S/C21H24N6O3/c1-5-24-12-6-10(7-22)26-16-14(12)25-9-27(16)8-11-13-15-20(13,18(28)23-4)17-21(11,15)30-19(2,3)29-17/h6,9,11,13,15,17H,5,8H2,1-4H3,(H,23,28)(H,24,26)/t11-,13+,15?,17-,20-,21+/m1/s1. The summed E-state index contributed by atoms with van der Waals surface area (Å²) in [5.41, 5.74) is 1.68. The van der Waals surface area contributed by atoms with Crippen molar-refractivity contribution in [2.45, 2.75) is 44.8 Å². The highest BCUT2D eigenvalue weighted by Gasteiger charge is 3.05. The molecule has 156 valence electrons. The largest absolute Gasteiger partial charge is 0.383 e. The minimum atomic E-state index is -0.705. The molecule has 6 rings (SSSR count). The number of amides is 1. The molecular formula is C21H24N6O3. The average molecular weight is 408 g/mol. The Balaban J connectivity index is 1.39. The Morgan fingerprint density at radius 2 is 2.23 bits per heavy atom. The van der Waals surface area contributed by atoms with Gasteiger partial charge in [0, 0.05) is 38.0 Å². The van der Waals surface area contributed by atoms with Gasteiger partial charge >= 0.3 is 0 Å². The fourth-order valence-electron chi connectivity index (χ4n) is 6.78. The van der Waals surface area contributed by atoms with Gasteiger partial charge in [-0.25, -0.2) is 9.97 Å². The van der Waals surface area contributed by atoms with E-state index in [1.807, 2.05) is 25.3 Å². The molecule has 2 aromatic heterocycles. The van der Waals surface area contributed by atoms with Gasteiger partial charge in [0.15, 0.2) is 11.4 Å². The van der Waals surface area contributed by atoms with Gasteiger partial charge in [-0.2, -0.15) is 5.26 Å². The van der Waals surface area contributed by atoms with Gasteiger partial charge in [0.25, 0.3) is 0 Å². The second kappa shape index (κ2) is 5.31. The first kappa shape index (κ1) is 18.1. The fraction of sp³-hybridized carbons (Fsp3) is 0.619. The number of fused-ring (bicyclic) bond motifs is 3. The van der Waals surface area contributed by atoms with Gasteiger partial charge in [-0.05, 0) is 26.7 Å². The van der Waals surface area contributed by atoms with Gasteiger partial charge in [-0.3, -0.25) is 4.79 Å². The molecule has 0 radical (unpaired) electrons. The van der Waals surface area contributed by atoms with E-state index >= 15 is 0 Å². The van der Waals surface area contributed by atoms with Gasteiger partial charge in [-0.15, -0.1) is 0 Å². The Labute approximate surface area is 173 Å². The van der Waals surface area contributed by atoms with Crippen LogP contribution in [0.4, 0.5) is 5.69 Å². The van der Waals surface area contributed by atoms with Crippen molar-refractivity contribution >= 4 is 22.8 Å². The molecule has 0 aromatic carbocycles. The molecule has 0 bridgehead atoms. The zero-order chi connectivity index (χ0) is 21.1. The molecule has 2 N–H and O–H groups in total. The maximum atomic E-state index is 12.8. The van der Waals surface area contributed by atoms with Crippen LogP contribution in [-0.4, -0.2) is 51.5 Å². The van der Waals surface area contributed by atoms with E-state index in [1.165, 1.54) is 0 Å². The molecule has 1 amide bonds. The third kappa shape index (κ3) is 1.75. The second-order valence-electron chi connectivity index (χ2n) is 9.24. The van der Waals surface area contributed by atoms with Gasteiger partial charge in [0.1, 0.15) is 29.0 Å². The molecule has 30 heavy (non-hydrogen) atoms. The number of carbonyl (C=O) groups is 1. The summed E-state index contributed by atoms with van der Waals surface area (Å²) >= 11 is 0. The Kier molecular flexibility index (Phi) is 3.20. The molecule has 2 aromatic rings. The predicted octanol–water partition coefficient (Wildman–Crippen LogP) is 1.25. The van der Waals surface area contributed by atoms with Crippen molar-refractivity contribution in [1.29, 1.82) is 5.26 Å². The van der Waals surface area contributed by atoms with Crippen molar-refractivity contribution in [3.05, 3.63) is 18.1 Å². The van der Waals surface area contributed by atoms with Crippen molar-refractivity contribution in [3.8, 4) is 6.07 Å². The van der Waals surface area contributed by atoms with E-state index < -0.39 is 16.8 Å². The number of hydrogen-bond acceptors (Lipinski definition) is 7. The number of aromatic nitrogens is 3. The summed E-state index contributed by atoms with van der Waals surface area (Å²) in [6, 6.07) is 3.86. The highest BCUT2D eigenvalue weighted by atomic mass is 16.8. The first-order valence-electron chi connectivity index (χ1n) is 10.4. The van der Waals surface area contributed by atoms with E-state index in [0.717, 1.165) is 17.7 Å². The smallest absolute Gasteiger partial charge is 0.229 e. The topological polar surface area (TPSA) is 114 Å². The Hall–Kier alpha value is -2.70. The highest BCUT2D eigenvalue weighted by Crippen LogP contribution is 2.94. The lowest BCUT2D eigenvalue weighted by Gasteiger charge is -2.51. The number of pyridine rings is 1. The summed E-state index contributed by atoms with van der Waals surface area (Å²) < 4.78 is 14.6. The summed E-state index contributed by atoms with van der Waals surface area (Å²) in [6.45, 7) is 7.18. The van der Waals surface area contributed by atoms with Crippen LogP contribution >= 0.6 is 0 Å². The number of nitriles is 1. The number of nitrogens with zero attached hydrogens (tertiary/aromatic N) is 4. The van der Waals surface area contributed by atoms with Crippen LogP contribution < -0.4 is 10.6 Å². The predicted molar refractivity (Wildman–Crippen MR) is 106 cm³/mol. The van der Waals surface area contributed by atoms with Gasteiger partial charge in [0.05, 0.1) is 17.4 Å². The number of ether oxygens (including phenoxy) is 2. The minimum Gasteiger partial charge on any atom is -0.383 e. The van der Waals surface area contributed by atoms with Crippen LogP contribution in [0.3, 0.4) is 0 Å². The quantitative estimate of drug-likeness (QED) is 0.765. The van der Waals surface area contributed by atoms with E-state index in [9.17, 15) is 10.1 Å². The van der Waals surface area contributed by atoms with Crippen molar-refractivity contribution in [2.75, 3.05) is 18.9 Å². The van der Waals surface area contributed by atoms with Gasteiger partial charge < -0.3 is 24.7 Å². The lowest BCUT2D eigenvalue weighted by molar-refractivity contribution is -0.208. The number of rotatable bonds is 5. The zero-order valence-corrected chi connectivity index (χ0v) is 17.4. The maximum Gasteiger partial charge on any atom is 0.229 e. The molecule has 1 saturated heterocycles. The van der Waals surface area contributed by atoms with Crippen LogP contribution in [0.2, 0.25) is 0 Å². The molecule has 9 heteroatoms. The monoisotopic (exact) mass is 408 g/mol. The summed E-state index contributed by atoms with van der Waals surface area (Å²) in [5.74, 6) is -0.0558. The number of imidazole rings is 1. The molecule has 3 aliphatic carbocycles. The number of nitrogens with one attached hydrogen (secondary N) is 2. The molecular weight excluding hydrogens is 384 g/mol. The Morgan fingerprint density at radius 3 is 2.93 bits per heavy atom. The van der Waals surface area contributed by atoms with Crippen LogP contribution in [-0.2, 0) is 20.8 Å². The van der Waals surface area contributed by atoms with Gasteiger partial charge in [-0.1, -0.05) is 0 Å². The van der Waals surface area contributed by atoms with Crippen molar-refractivity contribution in [2.24, 2.45) is 23.2 Å². The number of carbonyl (C=O) groups excluding carboxylic acids is 1. The summed E-state index contributed by atoms with van der Waals surface area (Å²) in [4.78, 5) is 21.9. The fourth-order valence-corrected chi connectivity index (χ4v) is 6.78. The summed E-state index contributed by atoms with van der Waals surface area (Å²) in [6.07, 6.45) is 1.56. The highest BCUT2D eigenvalue weighted by molar-refractivity contribution is 5.93. The molecule has 1 unspecified atom stereocenters. The molecule has 4 aliphatic rings. The van der Waals surface area contributed by atoms with Crippen LogP contribution in [0, 0.1) is 34.5 Å². The van der Waals surface area contributed by atoms with Crippen LogP contribution in [0.15, 0.2) is 12.4 Å². The van der Waals surface area contributed by atoms with Crippen molar-refractivity contribution < 1.29 is 14.3 Å².